The van der Waals surface area contributed by atoms with Crippen molar-refractivity contribution >= 4 is 0 Å². The Bertz CT molecular complexity index is 664. The van der Waals surface area contributed by atoms with Crippen LogP contribution < -0.4 is 0 Å². The van der Waals surface area contributed by atoms with Gasteiger partial charge in [0.05, 0.1) is 6.04 Å². The molecule has 3 nitrogen and oxygen atoms in total. The highest BCUT2D eigenvalue weighted by molar-refractivity contribution is 5.24. The molecule has 6 heteroatoms. The van der Waals surface area contributed by atoms with Gasteiger partial charge in [0.1, 0.15) is 0 Å². The lowest BCUT2D eigenvalue weighted by atomic mass is 10.0. The van der Waals surface area contributed by atoms with Crippen molar-refractivity contribution in [1.29, 1.82) is 0 Å². The fourth-order valence-corrected chi connectivity index (χ4v) is 2.90. The largest absolute Gasteiger partial charge is 0.311 e. The predicted molar refractivity (Wildman–Crippen MR) is 69.7 cm³/mol. The predicted octanol–water partition coefficient (Wildman–Crippen LogP) is 3.78. The van der Waals surface area contributed by atoms with Gasteiger partial charge < -0.3 is 0 Å². The van der Waals surface area contributed by atoms with Crippen molar-refractivity contribution in [3.8, 4) is 0 Å². The van der Waals surface area contributed by atoms with Crippen LogP contribution in [0, 0.1) is 5.92 Å². The van der Waals surface area contributed by atoms with Gasteiger partial charge >= 0.3 is 5.92 Å². The Morgan fingerprint density at radius 3 is 2.52 bits per heavy atom. The van der Waals surface area contributed by atoms with Gasteiger partial charge in [0.15, 0.2) is 12.0 Å². The molecule has 2 aromatic rings. The summed E-state index contributed by atoms with van der Waals surface area (Å²) < 4.78 is 43.6. The number of hydrogen-bond acceptors (Lipinski definition) is 2. The Hall–Kier alpha value is -1.85. The van der Waals surface area contributed by atoms with Crippen molar-refractivity contribution in [3.05, 3.63) is 47.5 Å². The van der Waals surface area contributed by atoms with Gasteiger partial charge in [0, 0.05) is 12.3 Å². The van der Waals surface area contributed by atoms with E-state index >= 15 is 0 Å². The summed E-state index contributed by atoms with van der Waals surface area (Å²) in [5.74, 6) is -4.23. The maximum Gasteiger partial charge on any atom is 0.311 e. The number of hydrogen-bond donors (Lipinski definition) is 0. The van der Waals surface area contributed by atoms with Crippen molar-refractivity contribution in [1.82, 2.24) is 14.8 Å². The molecular formula is C15H14F3N3. The number of alkyl halides is 3. The highest BCUT2D eigenvalue weighted by Crippen LogP contribution is 2.50. The monoisotopic (exact) mass is 293 g/mol. The summed E-state index contributed by atoms with van der Waals surface area (Å²) in [4.78, 5) is 3.81. The van der Waals surface area contributed by atoms with Crippen molar-refractivity contribution in [2.24, 2.45) is 5.92 Å². The van der Waals surface area contributed by atoms with E-state index in [0.29, 0.717) is 12.8 Å². The Morgan fingerprint density at radius 2 is 1.86 bits per heavy atom. The van der Waals surface area contributed by atoms with E-state index in [0.717, 1.165) is 5.56 Å². The van der Waals surface area contributed by atoms with Crippen LogP contribution in [0.1, 0.15) is 48.7 Å². The highest BCUT2D eigenvalue weighted by atomic mass is 19.3. The molecule has 0 saturated heterocycles. The van der Waals surface area contributed by atoms with E-state index in [1.54, 1.807) is 0 Å². The topological polar surface area (TPSA) is 30.7 Å². The summed E-state index contributed by atoms with van der Waals surface area (Å²) in [6.07, 6.45) is -0.170. The number of aromatic nitrogens is 3. The summed E-state index contributed by atoms with van der Waals surface area (Å²) in [6.45, 7) is 0. The molecule has 0 spiro atoms. The molecule has 0 amide bonds. The van der Waals surface area contributed by atoms with Gasteiger partial charge in [-0.15, -0.1) is 5.10 Å². The molecule has 110 valence electrons. The lowest BCUT2D eigenvalue weighted by Crippen LogP contribution is -2.19. The maximum absolute atomic E-state index is 14.1. The van der Waals surface area contributed by atoms with Crippen LogP contribution in [0.15, 0.2) is 30.3 Å². The zero-order chi connectivity index (χ0) is 14.6. The molecule has 21 heavy (non-hydrogen) atoms. The van der Waals surface area contributed by atoms with Crippen molar-refractivity contribution in [2.75, 3.05) is 0 Å². The molecule has 2 atom stereocenters. The summed E-state index contributed by atoms with van der Waals surface area (Å²) in [5.41, 5.74) is 0.866. The fourth-order valence-electron chi connectivity index (χ4n) is 2.90. The Kier molecular flexibility index (Phi) is 2.65. The lowest BCUT2D eigenvalue weighted by molar-refractivity contribution is -0.0378. The summed E-state index contributed by atoms with van der Waals surface area (Å²) in [6, 6.07) is 8.90. The van der Waals surface area contributed by atoms with Gasteiger partial charge in [-0.05, 0) is 18.4 Å². The normalized spacial score (nSPS) is 25.1. The van der Waals surface area contributed by atoms with Crippen molar-refractivity contribution < 1.29 is 13.2 Å². The Labute approximate surface area is 119 Å². The van der Waals surface area contributed by atoms with Crippen LogP contribution in [0.2, 0.25) is 0 Å². The van der Waals surface area contributed by atoms with Crippen molar-refractivity contribution in [3.63, 3.8) is 0 Å². The third-order valence-corrected chi connectivity index (χ3v) is 4.24. The number of halogens is 3. The second-order valence-corrected chi connectivity index (χ2v) is 5.77. The second kappa shape index (κ2) is 4.32. The molecule has 1 aromatic carbocycles. The minimum absolute atomic E-state index is 0.0270. The first kappa shape index (κ1) is 12.9. The molecule has 0 radical (unpaired) electrons. The van der Waals surface area contributed by atoms with E-state index in [1.165, 1.54) is 4.68 Å². The fraction of sp³-hybridized carbons (Fsp3) is 0.467. The Morgan fingerprint density at radius 1 is 1.14 bits per heavy atom. The summed E-state index contributed by atoms with van der Waals surface area (Å²) in [5, 5.41) is 3.95. The third-order valence-electron chi connectivity index (χ3n) is 4.24. The number of rotatable bonds is 3. The van der Waals surface area contributed by atoms with E-state index in [-0.39, 0.29) is 18.3 Å². The molecule has 1 aliphatic heterocycles. The SMILES string of the molecule is F[C@H]1C[C@@H](c2ccccc2)n2nc(C(F)(F)C3CC3)nc21. The van der Waals surface area contributed by atoms with Crippen LogP contribution >= 0.6 is 0 Å². The van der Waals surface area contributed by atoms with Gasteiger partial charge in [0.2, 0.25) is 5.82 Å². The van der Waals surface area contributed by atoms with Gasteiger partial charge in [-0.1, -0.05) is 30.3 Å². The summed E-state index contributed by atoms with van der Waals surface area (Å²) >= 11 is 0. The first-order valence-electron chi connectivity index (χ1n) is 7.11. The number of benzene rings is 1. The molecular weight excluding hydrogens is 279 g/mol. The minimum atomic E-state index is -3.04. The van der Waals surface area contributed by atoms with Crippen molar-refractivity contribution in [2.45, 2.75) is 37.4 Å². The number of fused-ring (bicyclic) bond motifs is 1. The first-order valence-corrected chi connectivity index (χ1v) is 7.11. The van der Waals surface area contributed by atoms with E-state index < -0.39 is 23.8 Å². The minimum Gasteiger partial charge on any atom is -0.239 e. The molecule has 0 bridgehead atoms. The molecule has 2 heterocycles. The van der Waals surface area contributed by atoms with Crippen LogP contribution in [-0.4, -0.2) is 14.8 Å². The molecule has 1 aliphatic carbocycles. The van der Waals surface area contributed by atoms with Crippen LogP contribution in [0.4, 0.5) is 13.2 Å². The summed E-state index contributed by atoms with van der Waals surface area (Å²) in [7, 11) is 0. The smallest absolute Gasteiger partial charge is 0.239 e. The number of nitrogens with zero attached hydrogens (tertiary/aromatic N) is 3. The molecule has 1 fully saturated rings. The quantitative estimate of drug-likeness (QED) is 0.862. The lowest BCUT2D eigenvalue weighted by Gasteiger charge is -2.13. The molecule has 2 aliphatic rings. The average Bonchev–Trinajstić information content (AvgIpc) is 3.17. The molecule has 0 unspecified atom stereocenters. The molecule has 1 saturated carbocycles. The third kappa shape index (κ3) is 1.96. The Balaban J connectivity index is 1.74. The van der Waals surface area contributed by atoms with E-state index in [1.807, 2.05) is 30.3 Å². The van der Waals surface area contributed by atoms with Gasteiger partial charge in [-0.2, -0.15) is 8.78 Å². The molecule has 4 rings (SSSR count). The molecule has 1 aromatic heterocycles. The van der Waals surface area contributed by atoms with E-state index in [2.05, 4.69) is 10.1 Å². The van der Waals surface area contributed by atoms with Gasteiger partial charge in [-0.25, -0.2) is 14.1 Å². The van der Waals surface area contributed by atoms with Crippen LogP contribution in [0.25, 0.3) is 0 Å². The van der Waals surface area contributed by atoms with Crippen LogP contribution in [0.3, 0.4) is 0 Å². The zero-order valence-electron chi connectivity index (χ0n) is 11.2. The average molecular weight is 293 g/mol. The van der Waals surface area contributed by atoms with Crippen LogP contribution in [0.5, 0.6) is 0 Å². The van der Waals surface area contributed by atoms with E-state index in [4.69, 9.17) is 0 Å². The van der Waals surface area contributed by atoms with Gasteiger partial charge in [0.25, 0.3) is 0 Å². The first-order chi connectivity index (χ1) is 10.1. The maximum atomic E-state index is 14.1. The van der Waals surface area contributed by atoms with Crippen LogP contribution in [-0.2, 0) is 5.92 Å². The standard InChI is InChI=1S/C15H14F3N3/c16-11-8-12(9-4-2-1-3-5-9)21-13(11)19-14(20-21)15(17,18)10-6-7-10/h1-5,10-12H,6-8H2/t11-,12-/m0/s1. The van der Waals surface area contributed by atoms with E-state index in [9.17, 15) is 13.2 Å². The second-order valence-electron chi connectivity index (χ2n) is 5.77. The zero-order valence-corrected chi connectivity index (χ0v) is 11.2. The van der Waals surface area contributed by atoms with Gasteiger partial charge in [-0.3, -0.25) is 0 Å². The highest BCUT2D eigenvalue weighted by Gasteiger charge is 2.52. The molecule has 0 N–H and O–H groups in total.